The second-order valence-corrected chi connectivity index (χ2v) is 3.66. The second-order valence-electron chi connectivity index (χ2n) is 3.66. The van der Waals surface area contributed by atoms with Crippen molar-refractivity contribution in [2.45, 2.75) is 13.0 Å². The summed E-state index contributed by atoms with van der Waals surface area (Å²) in [7, 11) is 1.70. The van der Waals surface area contributed by atoms with Gasteiger partial charge in [-0.25, -0.2) is 8.78 Å². The highest BCUT2D eigenvalue weighted by Gasteiger charge is 2.06. The third-order valence-electron chi connectivity index (χ3n) is 2.08. The van der Waals surface area contributed by atoms with Crippen LogP contribution in [0.15, 0.2) is 18.2 Å². The summed E-state index contributed by atoms with van der Waals surface area (Å²) in [5.41, 5.74) is 0.491. The van der Waals surface area contributed by atoms with Crippen LogP contribution in [-0.4, -0.2) is 29.6 Å². The van der Waals surface area contributed by atoms with Crippen molar-refractivity contribution in [3.63, 3.8) is 0 Å². The number of hydrogen-bond acceptors (Lipinski definition) is 2. The Balaban J connectivity index is 2.55. The molecule has 0 fully saturated rings. The zero-order chi connectivity index (χ0) is 12.1. The minimum atomic E-state index is -0.891. The second kappa shape index (κ2) is 5.55. The average Bonchev–Trinajstić information content (AvgIpc) is 2.12. The molecule has 1 N–H and O–H groups in total. The van der Waals surface area contributed by atoms with Crippen LogP contribution < -0.4 is 0 Å². The largest absolute Gasteiger partial charge is 0.481 e. The topological polar surface area (TPSA) is 40.5 Å². The van der Waals surface area contributed by atoms with Crippen molar-refractivity contribution in [1.82, 2.24) is 4.90 Å². The van der Waals surface area contributed by atoms with E-state index in [1.54, 1.807) is 11.9 Å². The van der Waals surface area contributed by atoms with E-state index in [9.17, 15) is 13.6 Å². The SMILES string of the molecule is CN(CCC(=O)O)Cc1cc(F)cc(F)c1. The van der Waals surface area contributed by atoms with Crippen LogP contribution >= 0.6 is 0 Å². The minimum absolute atomic E-state index is 0.00823. The Hall–Kier alpha value is -1.49. The molecule has 0 saturated heterocycles. The van der Waals surface area contributed by atoms with Gasteiger partial charge < -0.3 is 10.0 Å². The van der Waals surface area contributed by atoms with Crippen LogP contribution in [0.5, 0.6) is 0 Å². The molecular formula is C11H13F2NO2. The van der Waals surface area contributed by atoms with E-state index in [0.717, 1.165) is 6.07 Å². The van der Waals surface area contributed by atoms with Gasteiger partial charge in [-0.3, -0.25) is 4.79 Å². The molecule has 0 amide bonds. The van der Waals surface area contributed by atoms with Crippen LogP contribution in [0.1, 0.15) is 12.0 Å². The number of nitrogens with zero attached hydrogens (tertiary/aromatic N) is 1. The molecule has 3 nitrogen and oxygen atoms in total. The van der Waals surface area contributed by atoms with Gasteiger partial charge in [-0.05, 0) is 24.7 Å². The van der Waals surface area contributed by atoms with Gasteiger partial charge in [0, 0.05) is 19.2 Å². The standard InChI is InChI=1S/C11H13F2NO2/c1-14(3-2-11(15)16)7-8-4-9(12)6-10(13)5-8/h4-6H,2-3,7H2,1H3,(H,15,16). The molecule has 0 heterocycles. The first kappa shape index (κ1) is 12.6. The smallest absolute Gasteiger partial charge is 0.304 e. The number of rotatable bonds is 5. The van der Waals surface area contributed by atoms with Gasteiger partial charge in [0.15, 0.2) is 0 Å². The van der Waals surface area contributed by atoms with Crippen LogP contribution in [0.4, 0.5) is 8.78 Å². The lowest BCUT2D eigenvalue weighted by atomic mass is 10.2. The molecule has 1 aromatic rings. The molecule has 0 unspecified atom stereocenters. The van der Waals surface area contributed by atoms with Gasteiger partial charge in [-0.2, -0.15) is 0 Å². The molecule has 0 spiro atoms. The van der Waals surface area contributed by atoms with Crippen molar-refractivity contribution in [3.8, 4) is 0 Å². The van der Waals surface area contributed by atoms with Crippen LogP contribution in [0.3, 0.4) is 0 Å². The van der Waals surface area contributed by atoms with E-state index in [1.165, 1.54) is 12.1 Å². The van der Waals surface area contributed by atoms with Gasteiger partial charge in [-0.15, -0.1) is 0 Å². The van der Waals surface area contributed by atoms with E-state index in [4.69, 9.17) is 5.11 Å². The van der Waals surface area contributed by atoms with Crippen molar-refractivity contribution < 1.29 is 18.7 Å². The fraction of sp³-hybridized carbons (Fsp3) is 0.364. The Morgan fingerprint density at radius 2 is 1.88 bits per heavy atom. The summed E-state index contributed by atoms with van der Waals surface area (Å²) >= 11 is 0. The van der Waals surface area contributed by atoms with Crippen LogP contribution in [0, 0.1) is 11.6 Å². The molecule has 16 heavy (non-hydrogen) atoms. The molecule has 0 saturated carbocycles. The fourth-order valence-corrected chi connectivity index (χ4v) is 1.38. The Morgan fingerprint density at radius 3 is 2.38 bits per heavy atom. The Bertz CT molecular complexity index is 362. The number of benzene rings is 1. The van der Waals surface area contributed by atoms with Crippen LogP contribution in [0.2, 0.25) is 0 Å². The number of carboxylic acids is 1. The van der Waals surface area contributed by atoms with Crippen molar-refractivity contribution in [1.29, 1.82) is 0 Å². The van der Waals surface area contributed by atoms with E-state index >= 15 is 0 Å². The van der Waals surface area contributed by atoms with Crippen LogP contribution in [0.25, 0.3) is 0 Å². The first-order chi connectivity index (χ1) is 7.47. The predicted octanol–water partition coefficient (Wildman–Crippen LogP) is 1.87. The summed E-state index contributed by atoms with van der Waals surface area (Å²) < 4.78 is 25.7. The summed E-state index contributed by atoms with van der Waals surface area (Å²) in [4.78, 5) is 12.0. The zero-order valence-electron chi connectivity index (χ0n) is 8.91. The third kappa shape index (κ3) is 4.35. The maximum Gasteiger partial charge on any atom is 0.304 e. The highest BCUT2D eigenvalue weighted by molar-refractivity contribution is 5.66. The van der Waals surface area contributed by atoms with E-state index in [0.29, 0.717) is 18.7 Å². The first-order valence-electron chi connectivity index (χ1n) is 4.82. The van der Waals surface area contributed by atoms with E-state index in [1.807, 2.05) is 0 Å². The summed E-state index contributed by atoms with van der Waals surface area (Å²) in [5.74, 6) is -2.14. The van der Waals surface area contributed by atoms with E-state index in [2.05, 4.69) is 0 Å². The van der Waals surface area contributed by atoms with Gasteiger partial charge >= 0.3 is 5.97 Å². The molecule has 1 rings (SSSR count). The monoisotopic (exact) mass is 229 g/mol. The molecule has 0 atom stereocenters. The third-order valence-corrected chi connectivity index (χ3v) is 2.08. The van der Waals surface area contributed by atoms with Crippen molar-refractivity contribution >= 4 is 5.97 Å². The molecule has 0 aliphatic rings. The van der Waals surface area contributed by atoms with Crippen molar-refractivity contribution in [2.75, 3.05) is 13.6 Å². The number of carbonyl (C=O) groups is 1. The van der Waals surface area contributed by atoms with Gasteiger partial charge in [0.05, 0.1) is 6.42 Å². The maximum atomic E-state index is 12.8. The lowest BCUT2D eigenvalue weighted by Gasteiger charge is -2.15. The zero-order valence-corrected chi connectivity index (χ0v) is 8.91. The fourth-order valence-electron chi connectivity index (χ4n) is 1.38. The summed E-state index contributed by atoms with van der Waals surface area (Å²) in [6, 6.07) is 3.28. The summed E-state index contributed by atoms with van der Waals surface area (Å²) in [6.07, 6.45) is 0.00823. The average molecular weight is 229 g/mol. The minimum Gasteiger partial charge on any atom is -0.481 e. The van der Waals surface area contributed by atoms with Crippen molar-refractivity contribution in [2.24, 2.45) is 0 Å². The molecule has 1 aromatic carbocycles. The molecule has 88 valence electrons. The first-order valence-corrected chi connectivity index (χ1v) is 4.82. The Kier molecular flexibility index (Phi) is 4.37. The number of hydrogen-bond donors (Lipinski definition) is 1. The van der Waals surface area contributed by atoms with Crippen LogP contribution in [-0.2, 0) is 11.3 Å². The molecule has 0 aliphatic heterocycles. The normalized spacial score (nSPS) is 10.8. The summed E-state index contributed by atoms with van der Waals surface area (Å²) in [5, 5.41) is 8.47. The maximum absolute atomic E-state index is 12.8. The number of halogens is 2. The molecule has 0 aliphatic carbocycles. The van der Waals surface area contributed by atoms with Gasteiger partial charge in [0.25, 0.3) is 0 Å². The number of carboxylic acid groups (broad SMARTS) is 1. The lowest BCUT2D eigenvalue weighted by Crippen LogP contribution is -2.21. The predicted molar refractivity (Wildman–Crippen MR) is 54.9 cm³/mol. The molecule has 0 radical (unpaired) electrons. The van der Waals surface area contributed by atoms with E-state index < -0.39 is 17.6 Å². The highest BCUT2D eigenvalue weighted by atomic mass is 19.1. The molecule has 0 aromatic heterocycles. The highest BCUT2D eigenvalue weighted by Crippen LogP contribution is 2.09. The van der Waals surface area contributed by atoms with Gasteiger partial charge in [-0.1, -0.05) is 0 Å². The van der Waals surface area contributed by atoms with Crippen molar-refractivity contribution in [3.05, 3.63) is 35.4 Å². The molecular weight excluding hydrogens is 216 g/mol. The lowest BCUT2D eigenvalue weighted by molar-refractivity contribution is -0.137. The van der Waals surface area contributed by atoms with E-state index in [-0.39, 0.29) is 6.42 Å². The van der Waals surface area contributed by atoms with Gasteiger partial charge in [0.1, 0.15) is 11.6 Å². The van der Waals surface area contributed by atoms with Gasteiger partial charge in [0.2, 0.25) is 0 Å². The Morgan fingerprint density at radius 1 is 1.31 bits per heavy atom. The summed E-state index contributed by atoms with van der Waals surface area (Å²) in [6.45, 7) is 0.662. The molecule has 0 bridgehead atoms. The number of aliphatic carboxylic acids is 1. The quantitative estimate of drug-likeness (QED) is 0.838. The molecule has 5 heteroatoms. The Labute approximate surface area is 92.3 Å².